The Kier molecular flexibility index (Phi) is 6.33. The summed E-state index contributed by atoms with van der Waals surface area (Å²) in [5.41, 5.74) is 1.24. The second-order valence-electron chi connectivity index (χ2n) is 5.76. The molecular weight excluding hydrogens is 442 g/mol. The van der Waals surface area contributed by atoms with Gasteiger partial charge in [-0.2, -0.15) is 0 Å². The van der Waals surface area contributed by atoms with Crippen molar-refractivity contribution in [1.29, 1.82) is 0 Å². The van der Waals surface area contributed by atoms with Gasteiger partial charge in [0, 0.05) is 0 Å². The van der Waals surface area contributed by atoms with Crippen LogP contribution < -0.4 is 9.84 Å². The number of phosphoric acid groups is 1. The molecule has 0 aliphatic carbocycles. The van der Waals surface area contributed by atoms with Gasteiger partial charge in [0.25, 0.3) is 0 Å². The van der Waals surface area contributed by atoms with E-state index in [1.807, 2.05) is 0 Å². The molecule has 149 valence electrons. The van der Waals surface area contributed by atoms with Gasteiger partial charge >= 0.3 is 152 Å². The van der Waals surface area contributed by atoms with E-state index in [2.05, 4.69) is 20.0 Å². The molecule has 2 aromatic carbocycles. The van der Waals surface area contributed by atoms with Gasteiger partial charge in [-0.3, -0.25) is 0 Å². The number of hydrogen-bond acceptors (Lipinski definition) is 7. The number of carbonyl (C=O) groups excluding carboxylic acids is 1. The van der Waals surface area contributed by atoms with Crippen molar-refractivity contribution in [3.8, 4) is 5.75 Å². The Balaban J connectivity index is 1.94. The van der Waals surface area contributed by atoms with E-state index < -0.39 is 20.4 Å². The van der Waals surface area contributed by atoms with Crippen LogP contribution >= 0.6 is 30.8 Å². The first-order chi connectivity index (χ1) is 13.7. The van der Waals surface area contributed by atoms with E-state index in [4.69, 9.17) is 23.8 Å². The molecule has 0 saturated heterocycles. The van der Waals surface area contributed by atoms with Crippen molar-refractivity contribution >= 4 is 59.7 Å². The molecule has 1 atom stereocenters. The molecule has 3 rings (SSSR count). The minimum absolute atomic E-state index is 0.131. The van der Waals surface area contributed by atoms with Gasteiger partial charge in [0.2, 0.25) is 0 Å². The van der Waals surface area contributed by atoms with Crippen LogP contribution in [0.2, 0.25) is 5.02 Å². The average Bonchev–Trinajstić information content (AvgIpc) is 3.04. The fraction of sp³-hybridized carbons (Fsp3) is 0.125. The van der Waals surface area contributed by atoms with Crippen LogP contribution in [0.1, 0.15) is 21.5 Å². The zero-order chi connectivity index (χ0) is 21.2. The molecule has 0 fully saturated rings. The number of anilines is 1. The maximum absolute atomic E-state index is 12.8. The predicted octanol–water partition coefficient (Wildman–Crippen LogP) is 4.74. The second kappa shape index (κ2) is 8.58. The van der Waals surface area contributed by atoms with Crippen molar-refractivity contribution in [1.82, 2.24) is 4.98 Å². The number of carbonyl (C=O) groups is 1. The zero-order valence-electron chi connectivity index (χ0n) is 14.8. The van der Waals surface area contributed by atoms with Crippen molar-refractivity contribution in [2.24, 2.45) is 5.06 Å². The van der Waals surface area contributed by atoms with E-state index in [-0.39, 0.29) is 21.5 Å². The number of thiazole rings is 1. The molecule has 2 N–H and O–H groups in total. The van der Waals surface area contributed by atoms with Gasteiger partial charge in [0.15, 0.2) is 0 Å². The molecule has 1 radical (unpaired) electrons. The van der Waals surface area contributed by atoms with Crippen LogP contribution in [0.15, 0.2) is 35.4 Å². The predicted molar refractivity (Wildman–Crippen MR) is 108 cm³/mol. The molecule has 3 aromatic rings. The molecule has 0 aliphatic heterocycles. The molecule has 1 amide bonds. The third-order valence-corrected chi connectivity index (χ3v) is 5.53. The fourth-order valence-corrected chi connectivity index (χ4v) is 4.30. The Morgan fingerprint density at radius 3 is 2.90 bits per heavy atom. The number of amides is 1. The molecule has 1 aromatic heterocycles. The van der Waals surface area contributed by atoms with Crippen LogP contribution in [-0.2, 0) is 15.9 Å². The number of nitrogens with one attached hydrogen (secondary N) is 1. The second-order valence-corrected chi connectivity index (χ2v) is 8.51. The third kappa shape index (κ3) is 5.00. The van der Waals surface area contributed by atoms with Crippen LogP contribution in [0, 0.1) is 6.92 Å². The normalized spacial score (nSPS) is 12.9. The van der Waals surface area contributed by atoms with E-state index in [0.717, 1.165) is 11.3 Å². The molecule has 0 spiro atoms. The van der Waals surface area contributed by atoms with E-state index in [9.17, 15) is 18.6 Å². The molecule has 0 bridgehead atoms. The minimum atomic E-state index is -4.70. The quantitative estimate of drug-likeness (QED) is 0.303. The number of aryl methyl sites for hydroxylation is 1. The average molecular weight is 455 g/mol. The van der Waals surface area contributed by atoms with Gasteiger partial charge in [-0.1, -0.05) is 6.07 Å². The summed E-state index contributed by atoms with van der Waals surface area (Å²) >= 11 is 7.16. The molecular formula is C16H12BClFN3O5PS. The summed E-state index contributed by atoms with van der Waals surface area (Å²) in [6.45, 7) is 0.907. The molecule has 1 heterocycles. The summed E-state index contributed by atoms with van der Waals surface area (Å²) in [6, 6.07) is 7.57. The van der Waals surface area contributed by atoms with E-state index in [1.54, 1.807) is 18.2 Å². The summed E-state index contributed by atoms with van der Waals surface area (Å²) in [6.07, 6.45) is 0. The first-order valence-corrected chi connectivity index (χ1v) is 10.6. The van der Waals surface area contributed by atoms with Gasteiger partial charge in [0.05, 0.1) is 0 Å². The third-order valence-electron chi connectivity index (χ3n) is 3.67. The Morgan fingerprint density at radius 1 is 1.45 bits per heavy atom. The molecule has 29 heavy (non-hydrogen) atoms. The monoisotopic (exact) mass is 454 g/mol. The Bertz CT molecular complexity index is 1160. The number of hydrogen-bond donors (Lipinski definition) is 2. The van der Waals surface area contributed by atoms with Crippen molar-refractivity contribution < 1.29 is 27.8 Å². The number of aromatic nitrogens is 1. The van der Waals surface area contributed by atoms with Gasteiger partial charge in [-0.25, -0.2) is 4.39 Å². The summed E-state index contributed by atoms with van der Waals surface area (Å²) < 4.78 is 34.4. The maximum atomic E-state index is 12.8. The van der Waals surface area contributed by atoms with Gasteiger partial charge in [-0.15, -0.1) is 0 Å². The van der Waals surface area contributed by atoms with Crippen molar-refractivity contribution in [3.63, 3.8) is 0 Å². The van der Waals surface area contributed by atoms with E-state index >= 15 is 0 Å². The zero-order valence-corrected chi connectivity index (χ0v) is 17.2. The number of nitrogens with zero attached hydrogens (tertiary/aromatic N) is 2. The van der Waals surface area contributed by atoms with Crippen LogP contribution in [0.3, 0.4) is 0 Å². The molecule has 0 aliphatic rings. The molecule has 0 saturated carbocycles. The van der Waals surface area contributed by atoms with E-state index in [1.165, 1.54) is 19.1 Å². The molecule has 1 unspecified atom stereocenters. The molecule has 8 nitrogen and oxygen atoms in total. The first kappa shape index (κ1) is 21.4. The Hall–Kier alpha value is -2.33. The number of rotatable bonds is 7. The summed E-state index contributed by atoms with van der Waals surface area (Å²) in [5, 5.41) is 5.65. The number of phosphoric ester groups is 1. The van der Waals surface area contributed by atoms with Gasteiger partial charge in [-0.05, 0) is 5.56 Å². The Labute approximate surface area is 174 Å². The number of fused-ring (bicyclic) bond motifs is 1. The standard InChI is InChI=1S/C16H12BClFN3O5PS/c1-8-4-10(18)6-11(14(8)26-28(24,25)27-22-17)15(23)21-16-20-12-3-2-9(7-19)5-13(12)29-16/h2-6H,7H2,1H3,(H,24,25)(H,20,21,23). The van der Waals surface area contributed by atoms with Crippen LogP contribution in [0.5, 0.6) is 5.75 Å². The van der Waals surface area contributed by atoms with Crippen molar-refractivity contribution in [3.05, 3.63) is 52.0 Å². The van der Waals surface area contributed by atoms with Crippen LogP contribution in [0.25, 0.3) is 10.2 Å². The van der Waals surface area contributed by atoms with Gasteiger partial charge in [0.1, 0.15) is 6.67 Å². The summed E-state index contributed by atoms with van der Waals surface area (Å²) in [7, 11) is 0.0464. The van der Waals surface area contributed by atoms with E-state index in [0.29, 0.717) is 21.3 Å². The first-order valence-electron chi connectivity index (χ1n) is 7.90. The topological polar surface area (TPSA) is 110 Å². The molecule has 13 heteroatoms. The van der Waals surface area contributed by atoms with Crippen LogP contribution in [-0.4, -0.2) is 23.4 Å². The number of halogens is 2. The van der Waals surface area contributed by atoms with Gasteiger partial charge < -0.3 is 0 Å². The number of benzene rings is 2. The SMILES string of the molecule is [B]=NOP(=O)(O)Oc1c(C)cc(Cl)cc1C(=O)Nc1nc2ccc(CF)cc2s1. The number of alkyl halides is 1. The van der Waals surface area contributed by atoms with Crippen molar-refractivity contribution in [2.75, 3.05) is 5.32 Å². The van der Waals surface area contributed by atoms with Crippen LogP contribution in [0.4, 0.5) is 9.52 Å². The summed E-state index contributed by atoms with van der Waals surface area (Å²) in [5.74, 6) is -0.928. The summed E-state index contributed by atoms with van der Waals surface area (Å²) in [4.78, 5) is 26.7. The van der Waals surface area contributed by atoms with Crippen molar-refractivity contribution in [2.45, 2.75) is 13.6 Å². The Morgan fingerprint density at radius 2 is 2.21 bits per heavy atom. The fourth-order valence-electron chi connectivity index (χ4n) is 2.48.